The molecule has 604 valence electrons. The number of hydrogen-bond acceptors (Lipinski definition) is 23. The number of benzene rings is 4. The molecule has 0 unspecified atom stereocenters. The fraction of sp³-hybridized carbons (Fsp3) is 0.507. The number of piperidine rings is 1. The molecule has 27 nitrogen and oxygen atoms in total. The number of carbonyl (C=O) groups is 13. The number of likely N-dealkylation sites (tertiary alicyclic amines) is 1. The summed E-state index contributed by atoms with van der Waals surface area (Å²) < 4.78 is 0. The Balaban J connectivity index is -0.0000000447. The molecule has 102 heavy (non-hydrogen) atoms. The molecule has 3 atom stereocenters. The monoisotopic (exact) mass is 1460 g/mol. The molecule has 0 spiro atoms. The van der Waals surface area contributed by atoms with Crippen molar-refractivity contribution in [3.05, 3.63) is 144 Å². The molecule has 1 aliphatic rings. The summed E-state index contributed by atoms with van der Waals surface area (Å²) in [6.45, 7) is 51.4. The molecule has 0 bridgehead atoms. The first-order valence-corrected chi connectivity index (χ1v) is 31.6. The number of aliphatic hydroxyl groups is 1. The fourth-order valence-corrected chi connectivity index (χ4v) is 6.27. The van der Waals surface area contributed by atoms with Gasteiger partial charge in [-0.05, 0) is 115 Å². The third kappa shape index (κ3) is 113. The predicted octanol–water partition coefficient (Wildman–Crippen LogP) is 10.8. The maximum absolute atomic E-state index is 13.9. The first kappa shape index (κ1) is 152. The van der Waals surface area contributed by atoms with Crippen molar-refractivity contribution in [1.82, 2.24) is 50.8 Å². The summed E-state index contributed by atoms with van der Waals surface area (Å²) in [5.41, 5.74) is 22.6. The Hall–Kier alpha value is -8.61. The van der Waals surface area contributed by atoms with E-state index in [-0.39, 0.29) is 61.0 Å². The zero-order valence-corrected chi connectivity index (χ0v) is 67.9. The van der Waals surface area contributed by atoms with Crippen LogP contribution in [0, 0.1) is 11.8 Å². The highest BCUT2D eigenvalue weighted by atomic mass is 16.3. The van der Waals surface area contributed by atoms with Gasteiger partial charge in [-0.2, -0.15) is 0 Å². The van der Waals surface area contributed by atoms with Gasteiger partial charge in [0.25, 0.3) is 0 Å². The number of rotatable bonds is 13. The molecule has 0 radical (unpaired) electrons. The van der Waals surface area contributed by atoms with Gasteiger partial charge in [0.05, 0.1) is 0 Å². The summed E-state index contributed by atoms with van der Waals surface area (Å²) in [4.78, 5) is 129. The van der Waals surface area contributed by atoms with Crippen molar-refractivity contribution in [3.63, 3.8) is 0 Å². The van der Waals surface area contributed by atoms with E-state index in [1.54, 1.807) is 39.8 Å². The number of amides is 4. The summed E-state index contributed by atoms with van der Waals surface area (Å²) in [6, 6.07) is 37.5. The summed E-state index contributed by atoms with van der Waals surface area (Å²) >= 11 is 0. The number of hydrogen-bond donors (Lipinski definition) is 11. The number of nitrogens with zero attached hydrogens (tertiary/aromatic N) is 3. The minimum absolute atomic E-state index is 0. The number of aryl methyl sites for hydroxylation is 2. The average molecular weight is 1460 g/mol. The first-order chi connectivity index (χ1) is 46.8. The molecule has 0 saturated carbocycles. The van der Waals surface area contributed by atoms with Crippen molar-refractivity contribution in [2.45, 2.75) is 186 Å². The Labute approximate surface area is 620 Å². The van der Waals surface area contributed by atoms with Crippen LogP contribution in [0.1, 0.15) is 159 Å². The molecule has 1 fully saturated rings. The fourth-order valence-electron chi connectivity index (χ4n) is 6.27. The van der Waals surface area contributed by atoms with Crippen LogP contribution in [0.25, 0.3) is 0 Å². The highest BCUT2D eigenvalue weighted by molar-refractivity contribution is 5.94. The Bertz CT molecular complexity index is 1990. The molecule has 4 amide bonds. The number of nitrogens with two attached hydrogens (primary N) is 4. The third-order valence-electron chi connectivity index (χ3n) is 10.6. The van der Waals surface area contributed by atoms with E-state index in [9.17, 15) is 19.2 Å². The Morgan fingerprint density at radius 1 is 0.431 bits per heavy atom. The Morgan fingerprint density at radius 3 is 0.843 bits per heavy atom. The van der Waals surface area contributed by atoms with Crippen molar-refractivity contribution in [2.24, 2.45) is 34.8 Å². The standard InChI is InChI=1S/C30H40N4O4.2C8H10.C5H12.C4H10.C3H8O.2C2H6.4CH5N.9CH2O.5H3N/c1-22(29(37)34-18-12-7-13-19-34)31-28(36)26(20-24-14-8-5-9-15-24)33(4)30(38)27(32(3)23(2)35)21-25-16-10-6-11-17-25;2*1-2-8-6-4-3-5-7-8;1-4-5(2)3;1-4(2)3;1-3(2)4;15*1-2;;;;;/h5-6,8-11,14-17,22,26-27H,7,12-13,18-21H2,1-4H3,(H,31,36);2*3-7H,2H2,1H3;5H,4H2,1-3H3;4H,1-3H3;3-4H,1-2H3;2*1-2H3;4*2H2,1H3;9*1H2;5*1H3/t22-,26-,27-;;;;;;;;;;;;;;;;;;;;;;;;;/m0........................./s1. The van der Waals surface area contributed by atoms with Crippen LogP contribution in [0.2, 0.25) is 0 Å². The Morgan fingerprint density at radius 2 is 0.647 bits per heavy atom. The third-order valence-corrected chi connectivity index (χ3v) is 10.6. The van der Waals surface area contributed by atoms with Gasteiger partial charge in [-0.15, -0.1) is 0 Å². The molecule has 27 heteroatoms. The van der Waals surface area contributed by atoms with Gasteiger partial charge in [0, 0.05) is 53.1 Å². The van der Waals surface area contributed by atoms with Crippen LogP contribution in [-0.2, 0) is 88.0 Å². The smallest absolute Gasteiger partial charge is 0.246 e. The van der Waals surface area contributed by atoms with Crippen molar-refractivity contribution in [1.29, 1.82) is 0 Å². The lowest BCUT2D eigenvalue weighted by Gasteiger charge is -2.35. The van der Waals surface area contributed by atoms with E-state index in [1.807, 2.05) is 162 Å². The predicted molar refractivity (Wildman–Crippen MR) is 434 cm³/mol. The van der Waals surface area contributed by atoms with E-state index in [4.69, 9.17) is 48.3 Å². The maximum Gasteiger partial charge on any atom is 0.246 e. The molecule has 1 aliphatic heterocycles. The van der Waals surface area contributed by atoms with Crippen molar-refractivity contribution >= 4 is 84.7 Å². The highest BCUT2D eigenvalue weighted by Gasteiger charge is 2.36. The van der Waals surface area contributed by atoms with Gasteiger partial charge in [-0.3, -0.25) is 19.2 Å². The summed E-state index contributed by atoms with van der Waals surface area (Å²) in [6.07, 6.45) is 7.06. The second kappa shape index (κ2) is 143. The minimum atomic E-state index is -0.861. The molecule has 25 N–H and O–H groups in total. The topological polar surface area (TPSA) is 543 Å². The van der Waals surface area contributed by atoms with Gasteiger partial charge in [0.2, 0.25) is 23.6 Å². The lowest BCUT2D eigenvalue weighted by molar-refractivity contribution is -0.147. The van der Waals surface area contributed by atoms with E-state index in [0.717, 1.165) is 55.1 Å². The molecule has 4 aromatic carbocycles. The van der Waals surface area contributed by atoms with Gasteiger partial charge in [-0.25, -0.2) is 0 Å². The van der Waals surface area contributed by atoms with Crippen molar-refractivity contribution in [2.75, 3.05) is 55.4 Å². The zero-order valence-electron chi connectivity index (χ0n) is 67.9. The number of likely N-dealkylation sites (N-methyl/N-ethyl adjacent to an activating group) is 2. The van der Waals surface area contributed by atoms with Crippen LogP contribution in [0.5, 0.6) is 0 Å². The quantitative estimate of drug-likeness (QED) is 0.0592. The summed E-state index contributed by atoms with van der Waals surface area (Å²) in [5, 5.41) is 10.9. The van der Waals surface area contributed by atoms with Gasteiger partial charge in [0.1, 0.15) is 79.2 Å². The normalized spacial score (nSPS) is 9.14. The van der Waals surface area contributed by atoms with E-state index in [0.29, 0.717) is 19.5 Å². The van der Waals surface area contributed by atoms with Gasteiger partial charge in [-0.1, -0.05) is 211 Å². The SMILES string of the molecule is C=O.C=O.C=O.C=O.C=O.C=O.C=O.C=O.C=O.CC.CC.CC(=O)N(C)[C@@H](Cc1ccccc1)C(=O)N(C)[C@@H](Cc1ccccc1)C(=O)N[C@@H](C)C(=O)N1CCCCC1.CC(C)C.CC(C)O.CCC(C)C.CCc1ccccc1.CCc1ccccc1.CN.CN.CN.CN.N.N.N.N.N. The van der Waals surface area contributed by atoms with E-state index >= 15 is 0 Å². The zero-order chi connectivity index (χ0) is 80.7. The maximum atomic E-state index is 13.9. The van der Waals surface area contributed by atoms with Crippen molar-refractivity contribution < 1.29 is 67.4 Å². The van der Waals surface area contributed by atoms with E-state index in [2.05, 4.69) is 132 Å². The Kier molecular flexibility index (Phi) is 214. The molecule has 5 rings (SSSR count). The largest absolute Gasteiger partial charge is 0.394 e. The summed E-state index contributed by atoms with van der Waals surface area (Å²) in [5.74, 6) is 0.639. The average Bonchev–Trinajstić information content (AvgIpc) is 0.823. The highest BCUT2D eigenvalue weighted by Crippen LogP contribution is 2.17. The molecular formula is C75H155N13O14. The molecule has 1 heterocycles. The van der Waals surface area contributed by atoms with Crippen LogP contribution < -0.4 is 59.0 Å². The van der Waals surface area contributed by atoms with Gasteiger partial charge in [0.15, 0.2) is 0 Å². The lowest BCUT2D eigenvalue weighted by Crippen LogP contribution is -2.58. The van der Waals surface area contributed by atoms with Crippen LogP contribution in [0.4, 0.5) is 0 Å². The van der Waals surface area contributed by atoms with Gasteiger partial charge >= 0.3 is 0 Å². The van der Waals surface area contributed by atoms with Crippen LogP contribution in [0.15, 0.2) is 121 Å². The molecule has 1 saturated heterocycles. The molecule has 0 aliphatic carbocycles. The molecule has 0 aromatic heterocycles. The van der Waals surface area contributed by atoms with E-state index < -0.39 is 24.0 Å². The number of carbonyl (C=O) groups excluding carboxylic acids is 13. The van der Waals surface area contributed by atoms with Crippen LogP contribution in [-0.4, -0.2) is 184 Å². The second-order valence-corrected chi connectivity index (χ2v) is 18.4. The second-order valence-electron chi connectivity index (χ2n) is 18.4. The summed E-state index contributed by atoms with van der Waals surface area (Å²) in [7, 11) is 9.20. The van der Waals surface area contributed by atoms with Gasteiger partial charge < -0.3 is 122 Å². The molecular weight excluding hydrogens is 1310 g/mol. The minimum Gasteiger partial charge on any atom is -0.394 e. The lowest BCUT2D eigenvalue weighted by atomic mass is 10.00. The van der Waals surface area contributed by atoms with Crippen LogP contribution >= 0.6 is 0 Å². The first-order valence-electron chi connectivity index (χ1n) is 31.6. The number of aliphatic hydroxyl groups excluding tert-OH is 1. The van der Waals surface area contributed by atoms with Crippen molar-refractivity contribution in [3.8, 4) is 0 Å². The van der Waals surface area contributed by atoms with Crippen LogP contribution in [0.3, 0.4) is 0 Å². The number of nitrogens with one attached hydrogen (secondary N) is 1. The molecule has 4 aromatic rings. The van der Waals surface area contributed by atoms with E-state index in [1.165, 1.54) is 62.5 Å².